The van der Waals surface area contributed by atoms with Crippen LogP contribution >= 0.6 is 15.9 Å². The first-order valence-electron chi connectivity index (χ1n) is 8.83. The van der Waals surface area contributed by atoms with Gasteiger partial charge in [-0.05, 0) is 56.2 Å². The topological polar surface area (TPSA) is 84.5 Å². The van der Waals surface area contributed by atoms with Gasteiger partial charge in [-0.25, -0.2) is 0 Å². The van der Waals surface area contributed by atoms with Crippen LogP contribution in [-0.2, 0) is 19.1 Å². The maximum atomic E-state index is 12.0. The van der Waals surface area contributed by atoms with Crippen molar-refractivity contribution in [2.24, 2.45) is 0 Å². The largest absolute Gasteiger partial charge is 0.456 e. The highest BCUT2D eigenvalue weighted by Crippen LogP contribution is 2.24. The van der Waals surface area contributed by atoms with Crippen LogP contribution in [0, 0.1) is 20.8 Å². The molecule has 0 aliphatic heterocycles. The number of hydrogen-bond acceptors (Lipinski definition) is 4. The Kier molecular flexibility index (Phi) is 7.75. The Bertz CT molecular complexity index is 855. The van der Waals surface area contributed by atoms with E-state index in [-0.39, 0.29) is 18.7 Å². The molecule has 0 fully saturated rings. The number of rotatable bonds is 7. The van der Waals surface area contributed by atoms with Gasteiger partial charge in [0.15, 0.2) is 6.61 Å². The van der Waals surface area contributed by atoms with Crippen LogP contribution in [0.5, 0.6) is 0 Å². The van der Waals surface area contributed by atoms with Crippen LogP contribution in [0.1, 0.15) is 29.5 Å². The minimum absolute atomic E-state index is 0.0145. The number of halogens is 1. The molecule has 0 radical (unpaired) electrons. The lowest BCUT2D eigenvalue weighted by Crippen LogP contribution is -2.22. The molecule has 148 valence electrons. The van der Waals surface area contributed by atoms with Crippen LogP contribution in [0.2, 0.25) is 0 Å². The summed E-state index contributed by atoms with van der Waals surface area (Å²) < 4.78 is 5.92. The summed E-state index contributed by atoms with van der Waals surface area (Å²) in [6.45, 7) is 5.41. The molecule has 28 heavy (non-hydrogen) atoms. The summed E-state index contributed by atoms with van der Waals surface area (Å²) in [4.78, 5) is 35.6. The molecule has 0 aromatic heterocycles. The Labute approximate surface area is 172 Å². The van der Waals surface area contributed by atoms with E-state index in [1.54, 1.807) is 12.1 Å². The zero-order valence-electron chi connectivity index (χ0n) is 16.1. The number of nitrogens with one attached hydrogen (secondary N) is 2. The number of carbonyl (C=O) groups excluding carboxylic acids is 3. The maximum Gasteiger partial charge on any atom is 0.306 e. The summed E-state index contributed by atoms with van der Waals surface area (Å²) >= 11 is 3.47. The van der Waals surface area contributed by atoms with Gasteiger partial charge in [0, 0.05) is 22.3 Å². The molecule has 6 nitrogen and oxygen atoms in total. The van der Waals surface area contributed by atoms with Crippen LogP contribution in [0.25, 0.3) is 0 Å². The lowest BCUT2D eigenvalue weighted by atomic mass is 10.1. The van der Waals surface area contributed by atoms with Crippen LogP contribution in [0.3, 0.4) is 0 Å². The molecule has 0 bridgehead atoms. The Morgan fingerprint density at radius 2 is 1.43 bits per heavy atom. The molecule has 2 rings (SSSR count). The van der Waals surface area contributed by atoms with Crippen molar-refractivity contribution in [3.05, 3.63) is 57.6 Å². The summed E-state index contributed by atoms with van der Waals surface area (Å²) in [6, 6.07) is 11.0. The van der Waals surface area contributed by atoms with Crippen molar-refractivity contribution in [3.63, 3.8) is 0 Å². The number of carbonyl (C=O) groups is 3. The molecular weight excluding hydrogens is 424 g/mol. The minimum Gasteiger partial charge on any atom is -0.456 e. The highest BCUT2D eigenvalue weighted by molar-refractivity contribution is 9.10. The van der Waals surface area contributed by atoms with E-state index in [2.05, 4.69) is 26.6 Å². The van der Waals surface area contributed by atoms with E-state index < -0.39 is 18.5 Å². The predicted molar refractivity (Wildman–Crippen MR) is 112 cm³/mol. The van der Waals surface area contributed by atoms with Crippen molar-refractivity contribution >= 4 is 45.1 Å². The molecule has 2 aromatic carbocycles. The highest BCUT2D eigenvalue weighted by atomic mass is 79.9. The average molecular weight is 447 g/mol. The normalized spacial score (nSPS) is 10.3. The zero-order valence-corrected chi connectivity index (χ0v) is 17.7. The van der Waals surface area contributed by atoms with Gasteiger partial charge in [-0.1, -0.05) is 33.6 Å². The Morgan fingerprint density at radius 3 is 2.04 bits per heavy atom. The van der Waals surface area contributed by atoms with Crippen molar-refractivity contribution in [2.75, 3.05) is 17.2 Å². The molecule has 0 heterocycles. The van der Waals surface area contributed by atoms with Gasteiger partial charge in [-0.15, -0.1) is 0 Å². The van der Waals surface area contributed by atoms with Crippen molar-refractivity contribution < 1.29 is 19.1 Å². The number of aryl methyl sites for hydroxylation is 3. The Morgan fingerprint density at radius 1 is 0.857 bits per heavy atom. The fourth-order valence-electron chi connectivity index (χ4n) is 2.51. The van der Waals surface area contributed by atoms with Gasteiger partial charge in [0.1, 0.15) is 0 Å². The van der Waals surface area contributed by atoms with Crippen LogP contribution < -0.4 is 10.6 Å². The van der Waals surface area contributed by atoms with Gasteiger partial charge in [0.25, 0.3) is 5.91 Å². The van der Waals surface area contributed by atoms with E-state index in [4.69, 9.17) is 4.74 Å². The lowest BCUT2D eigenvalue weighted by Gasteiger charge is -2.10. The molecular formula is C21H23BrN2O4. The van der Waals surface area contributed by atoms with E-state index in [0.29, 0.717) is 11.4 Å². The Balaban J connectivity index is 1.72. The zero-order chi connectivity index (χ0) is 20.7. The summed E-state index contributed by atoms with van der Waals surface area (Å²) in [7, 11) is 0. The first-order chi connectivity index (χ1) is 13.2. The lowest BCUT2D eigenvalue weighted by molar-refractivity contribution is -0.147. The van der Waals surface area contributed by atoms with Gasteiger partial charge in [0.2, 0.25) is 5.91 Å². The monoisotopic (exact) mass is 446 g/mol. The number of benzene rings is 2. The number of esters is 1. The van der Waals surface area contributed by atoms with Crippen LogP contribution in [0.15, 0.2) is 40.9 Å². The molecule has 7 heteroatoms. The second-order valence-corrected chi connectivity index (χ2v) is 7.34. The Hall–Kier alpha value is -2.67. The highest BCUT2D eigenvalue weighted by Gasteiger charge is 2.12. The van der Waals surface area contributed by atoms with Crippen LogP contribution in [0.4, 0.5) is 11.4 Å². The quantitative estimate of drug-likeness (QED) is 0.621. The molecule has 0 aliphatic rings. The van der Waals surface area contributed by atoms with Crippen LogP contribution in [-0.4, -0.2) is 24.4 Å². The second-order valence-electron chi connectivity index (χ2n) is 6.55. The molecule has 2 N–H and O–H groups in total. The van der Waals surface area contributed by atoms with Crippen molar-refractivity contribution in [1.82, 2.24) is 0 Å². The summed E-state index contributed by atoms with van der Waals surface area (Å²) in [5.41, 5.74) is 4.38. The van der Waals surface area contributed by atoms with Gasteiger partial charge in [-0.2, -0.15) is 0 Å². The molecule has 2 amide bonds. The first-order valence-corrected chi connectivity index (χ1v) is 9.62. The number of anilines is 2. The minimum atomic E-state index is -0.600. The van der Waals surface area contributed by atoms with E-state index in [9.17, 15) is 14.4 Å². The van der Waals surface area contributed by atoms with E-state index in [1.165, 1.54) is 0 Å². The fraction of sp³-hybridized carbons (Fsp3) is 0.286. The third kappa shape index (κ3) is 6.81. The number of hydrogen-bond donors (Lipinski definition) is 2. The molecule has 0 unspecified atom stereocenters. The molecule has 0 spiro atoms. The third-order valence-corrected chi connectivity index (χ3v) is 5.23. The van der Waals surface area contributed by atoms with E-state index in [1.807, 2.05) is 45.0 Å². The molecule has 2 aromatic rings. The SMILES string of the molecule is Cc1ccc(NC(=O)CCC(=O)OCC(=O)Nc2cc(C)c(Br)c(C)c2)cc1. The standard InChI is InChI=1S/C21H23BrN2O4/c1-13-4-6-16(7-5-13)23-18(25)8-9-20(27)28-12-19(26)24-17-10-14(2)21(22)15(3)11-17/h4-7,10-11H,8-9,12H2,1-3H3,(H,23,25)(H,24,26). The maximum absolute atomic E-state index is 12.0. The molecule has 0 saturated heterocycles. The fourth-order valence-corrected chi connectivity index (χ4v) is 2.74. The van der Waals surface area contributed by atoms with E-state index >= 15 is 0 Å². The van der Waals surface area contributed by atoms with Gasteiger partial charge >= 0.3 is 5.97 Å². The summed E-state index contributed by atoms with van der Waals surface area (Å²) in [5.74, 6) is -1.32. The predicted octanol–water partition coefficient (Wildman–Crippen LogP) is 4.27. The number of amides is 2. The van der Waals surface area contributed by atoms with E-state index in [0.717, 1.165) is 21.2 Å². The van der Waals surface area contributed by atoms with Gasteiger partial charge in [0.05, 0.1) is 6.42 Å². The number of ether oxygens (including phenoxy) is 1. The van der Waals surface area contributed by atoms with Crippen molar-refractivity contribution in [1.29, 1.82) is 0 Å². The molecule has 0 aliphatic carbocycles. The average Bonchev–Trinajstić information content (AvgIpc) is 2.64. The summed E-state index contributed by atoms with van der Waals surface area (Å²) in [5, 5.41) is 5.40. The van der Waals surface area contributed by atoms with Crippen molar-refractivity contribution in [2.45, 2.75) is 33.6 Å². The van der Waals surface area contributed by atoms with Crippen molar-refractivity contribution in [3.8, 4) is 0 Å². The first kappa shape index (κ1) is 21.6. The smallest absolute Gasteiger partial charge is 0.306 e. The van der Waals surface area contributed by atoms with Gasteiger partial charge < -0.3 is 15.4 Å². The second kappa shape index (κ2) is 10.0. The summed E-state index contributed by atoms with van der Waals surface area (Å²) in [6.07, 6.45) is -0.110. The molecule has 0 atom stereocenters. The molecule has 0 saturated carbocycles. The third-order valence-electron chi connectivity index (χ3n) is 3.98. The van der Waals surface area contributed by atoms with Gasteiger partial charge in [-0.3, -0.25) is 14.4 Å².